The van der Waals surface area contributed by atoms with Crippen molar-refractivity contribution in [1.29, 1.82) is 0 Å². The summed E-state index contributed by atoms with van der Waals surface area (Å²) in [5, 5.41) is 9.91. The van der Waals surface area contributed by atoms with Crippen molar-refractivity contribution < 1.29 is 33.8 Å². The largest absolute Gasteiger partial charge is 0.455 e. The minimum absolute atomic E-state index is 0.0714. The van der Waals surface area contributed by atoms with Gasteiger partial charge < -0.3 is 29.3 Å². The van der Waals surface area contributed by atoms with Crippen LogP contribution in [-0.4, -0.2) is 94.0 Å². The Kier molecular flexibility index (Phi) is 12.2. The standard InChI is InChI=1S/C38H45BrClN3O7/c1-5-7-19-29(45)41(4)24(3)32(25-15-9-8-10-16-25)49-37(48)30-31-35(46)43(21-13-14-22-44)34(38(31)23-26(39)33(30)50-38)36(47)42(20-6-2)28-18-12-11-17-27(28)40/h5-6,8-12,15-18,24,26,30-34,44H,1-2,7,13-14,19-23H2,3-4H3/t24-,26?,30-,31+,32+,33-,34-,38+/m0/s1. The van der Waals surface area contributed by atoms with Crippen LogP contribution in [0.4, 0.5) is 5.69 Å². The lowest BCUT2D eigenvalue weighted by atomic mass is 9.70. The summed E-state index contributed by atoms with van der Waals surface area (Å²) in [4.78, 5) is 61.1. The number of carbonyl (C=O) groups excluding carboxylic acids is 4. The zero-order chi connectivity index (χ0) is 36.2. The molecule has 3 aliphatic heterocycles. The number of benzene rings is 2. The second-order valence-corrected chi connectivity index (χ2v) is 14.7. The third-order valence-corrected chi connectivity index (χ3v) is 11.4. The van der Waals surface area contributed by atoms with Crippen LogP contribution in [0.5, 0.6) is 0 Å². The van der Waals surface area contributed by atoms with E-state index in [9.17, 15) is 24.3 Å². The van der Waals surface area contributed by atoms with Gasteiger partial charge in [0.05, 0.1) is 34.7 Å². The lowest BCUT2D eigenvalue weighted by Gasteiger charge is -2.37. The maximum absolute atomic E-state index is 14.8. The van der Waals surface area contributed by atoms with Gasteiger partial charge in [0.1, 0.15) is 17.7 Å². The summed E-state index contributed by atoms with van der Waals surface area (Å²) in [6.07, 6.45) is 3.65. The lowest BCUT2D eigenvalue weighted by Crippen LogP contribution is -2.57. The van der Waals surface area contributed by atoms with E-state index >= 15 is 0 Å². The molecule has 3 heterocycles. The molecule has 0 radical (unpaired) electrons. The minimum Gasteiger partial charge on any atom is -0.455 e. The Hall–Kier alpha value is -3.51. The second kappa shape index (κ2) is 16.2. The maximum Gasteiger partial charge on any atom is 0.313 e. The molecule has 1 N–H and O–H groups in total. The van der Waals surface area contributed by atoms with E-state index in [1.807, 2.05) is 37.3 Å². The average molecular weight is 771 g/mol. The molecule has 3 fully saturated rings. The number of halogens is 2. The number of likely N-dealkylation sites (N-methyl/N-ethyl adjacent to an activating group) is 1. The predicted octanol–water partition coefficient (Wildman–Crippen LogP) is 5.48. The first kappa shape index (κ1) is 37.7. The van der Waals surface area contributed by atoms with Crippen LogP contribution >= 0.6 is 27.5 Å². The second-order valence-electron chi connectivity index (χ2n) is 13.2. The van der Waals surface area contributed by atoms with Gasteiger partial charge in [-0.3, -0.25) is 19.2 Å². The fraction of sp³-hybridized carbons (Fsp3) is 0.474. The Labute approximate surface area is 307 Å². The molecule has 3 aliphatic rings. The highest BCUT2D eigenvalue weighted by molar-refractivity contribution is 9.09. The van der Waals surface area contributed by atoms with Crippen LogP contribution in [0.15, 0.2) is 79.9 Å². The third-order valence-electron chi connectivity index (χ3n) is 10.2. The maximum atomic E-state index is 14.8. The van der Waals surface area contributed by atoms with Crippen molar-refractivity contribution in [3.05, 3.63) is 90.5 Å². The molecular weight excluding hydrogens is 726 g/mol. The van der Waals surface area contributed by atoms with Crippen molar-refractivity contribution in [3.63, 3.8) is 0 Å². The number of aliphatic hydroxyl groups excluding tert-OH is 1. The molecule has 3 amide bonds. The van der Waals surface area contributed by atoms with E-state index in [0.717, 1.165) is 0 Å². The minimum atomic E-state index is -1.33. The number of nitrogens with zero attached hydrogens (tertiary/aromatic N) is 3. The monoisotopic (exact) mass is 769 g/mol. The number of hydrogen-bond donors (Lipinski definition) is 1. The molecule has 0 aromatic heterocycles. The van der Waals surface area contributed by atoms with Gasteiger partial charge in [0.15, 0.2) is 0 Å². The van der Waals surface area contributed by atoms with Crippen LogP contribution in [0.3, 0.4) is 0 Å². The van der Waals surface area contributed by atoms with Gasteiger partial charge >= 0.3 is 5.97 Å². The summed E-state index contributed by atoms with van der Waals surface area (Å²) in [6, 6.07) is 14.5. The zero-order valence-corrected chi connectivity index (χ0v) is 30.8. The number of alkyl halides is 1. The van der Waals surface area contributed by atoms with Crippen molar-refractivity contribution in [2.45, 2.75) is 73.7 Å². The van der Waals surface area contributed by atoms with Gasteiger partial charge in [0.25, 0.3) is 5.91 Å². The summed E-state index contributed by atoms with van der Waals surface area (Å²) >= 11 is 10.3. The van der Waals surface area contributed by atoms with Crippen LogP contribution < -0.4 is 4.90 Å². The fourth-order valence-electron chi connectivity index (χ4n) is 7.69. The molecule has 2 aromatic rings. The Morgan fingerprint density at radius 2 is 1.84 bits per heavy atom. The smallest absolute Gasteiger partial charge is 0.313 e. The van der Waals surface area contributed by atoms with E-state index in [1.54, 1.807) is 48.4 Å². The van der Waals surface area contributed by atoms with E-state index in [-0.39, 0.29) is 42.8 Å². The number of fused-ring (bicyclic) bond motifs is 1. The summed E-state index contributed by atoms with van der Waals surface area (Å²) in [6.45, 7) is 9.62. The molecule has 3 saturated heterocycles. The van der Waals surface area contributed by atoms with E-state index in [0.29, 0.717) is 42.0 Å². The zero-order valence-electron chi connectivity index (χ0n) is 28.5. The SMILES string of the molecule is C=CCCC(=O)N(C)[C@@H](C)[C@@H](OC(=O)[C@@H]1[C@H]2O[C@@]3(CC2Br)[C@H](C(=O)N(CC=C)c2ccccc2Cl)N(CCCCO)C(=O)[C@@H]13)c1ccccc1. The number of ether oxygens (including phenoxy) is 2. The summed E-state index contributed by atoms with van der Waals surface area (Å²) in [5.41, 5.74) is -0.170. The van der Waals surface area contributed by atoms with Gasteiger partial charge in [0.2, 0.25) is 11.8 Å². The predicted molar refractivity (Wildman–Crippen MR) is 195 cm³/mol. The van der Waals surface area contributed by atoms with Gasteiger partial charge in [0, 0.05) is 38.0 Å². The van der Waals surface area contributed by atoms with E-state index in [4.69, 9.17) is 21.1 Å². The topological polar surface area (TPSA) is 117 Å². The van der Waals surface area contributed by atoms with Gasteiger partial charge in [-0.05, 0) is 50.3 Å². The van der Waals surface area contributed by atoms with Crippen LogP contribution in [-0.2, 0) is 28.7 Å². The van der Waals surface area contributed by atoms with Crippen molar-refractivity contribution in [1.82, 2.24) is 9.80 Å². The summed E-state index contributed by atoms with van der Waals surface area (Å²) in [5.74, 6) is -3.54. The van der Waals surface area contributed by atoms with Crippen molar-refractivity contribution in [2.24, 2.45) is 11.8 Å². The molecule has 2 aromatic carbocycles. The number of anilines is 1. The number of amides is 3. The number of likely N-dealkylation sites (tertiary alicyclic amines) is 1. The molecule has 8 atom stereocenters. The third kappa shape index (κ3) is 7.02. The Bertz CT molecular complexity index is 1590. The Morgan fingerprint density at radius 1 is 1.14 bits per heavy atom. The molecule has 50 heavy (non-hydrogen) atoms. The van der Waals surface area contributed by atoms with E-state index in [2.05, 4.69) is 29.1 Å². The first-order valence-electron chi connectivity index (χ1n) is 17.0. The van der Waals surface area contributed by atoms with Crippen LogP contribution in [0, 0.1) is 11.8 Å². The Balaban J connectivity index is 1.52. The lowest BCUT2D eigenvalue weighted by molar-refractivity contribution is -0.164. The van der Waals surface area contributed by atoms with Gasteiger partial charge in [-0.15, -0.1) is 13.2 Å². The van der Waals surface area contributed by atoms with Crippen molar-refractivity contribution >= 4 is 56.9 Å². The molecule has 10 nitrogen and oxygen atoms in total. The fourth-order valence-corrected chi connectivity index (χ4v) is 8.87. The van der Waals surface area contributed by atoms with Crippen molar-refractivity contribution in [2.75, 3.05) is 31.6 Å². The molecule has 0 aliphatic carbocycles. The quantitative estimate of drug-likeness (QED) is 0.104. The van der Waals surface area contributed by atoms with Gasteiger partial charge in [-0.2, -0.15) is 0 Å². The van der Waals surface area contributed by atoms with Crippen molar-refractivity contribution in [3.8, 4) is 0 Å². The first-order valence-corrected chi connectivity index (χ1v) is 18.3. The molecule has 12 heteroatoms. The van der Waals surface area contributed by atoms with Crippen LogP contribution in [0.2, 0.25) is 5.02 Å². The van der Waals surface area contributed by atoms with Gasteiger partial charge in [-0.25, -0.2) is 0 Å². The highest BCUT2D eigenvalue weighted by atomic mass is 79.9. The molecule has 1 unspecified atom stereocenters. The number of carbonyl (C=O) groups is 4. The number of rotatable bonds is 16. The highest BCUT2D eigenvalue weighted by Crippen LogP contribution is 2.60. The molecule has 268 valence electrons. The number of hydrogen-bond acceptors (Lipinski definition) is 7. The van der Waals surface area contributed by atoms with E-state index < -0.39 is 53.6 Å². The van der Waals surface area contributed by atoms with E-state index in [1.165, 1.54) is 9.80 Å². The first-order chi connectivity index (χ1) is 24.0. The molecule has 1 spiro atoms. The molecular formula is C38H45BrClN3O7. The number of unbranched alkanes of at least 4 members (excludes halogenated alkanes) is 1. The Morgan fingerprint density at radius 3 is 2.50 bits per heavy atom. The molecule has 0 saturated carbocycles. The van der Waals surface area contributed by atoms with Crippen LogP contribution in [0.25, 0.3) is 0 Å². The normalized spacial score (nSPS) is 26.2. The molecule has 2 bridgehead atoms. The van der Waals surface area contributed by atoms with Gasteiger partial charge in [-0.1, -0.05) is 82.1 Å². The molecule has 5 rings (SSSR count). The highest BCUT2D eigenvalue weighted by Gasteiger charge is 2.77. The summed E-state index contributed by atoms with van der Waals surface area (Å²) in [7, 11) is 1.68. The number of allylic oxidation sites excluding steroid dienone is 1. The number of aliphatic hydroxyl groups is 1. The van der Waals surface area contributed by atoms with Crippen LogP contribution in [0.1, 0.15) is 50.7 Å². The average Bonchev–Trinajstić information content (AvgIpc) is 3.71. The number of esters is 1. The summed E-state index contributed by atoms with van der Waals surface area (Å²) < 4.78 is 13.0. The number of para-hydroxylation sites is 1.